The molecule has 1 atom stereocenters. The van der Waals surface area contributed by atoms with Crippen molar-refractivity contribution < 1.29 is 22.8 Å². The predicted octanol–water partition coefficient (Wildman–Crippen LogP) is 8.09. The Morgan fingerprint density at radius 3 is 2.41 bits per heavy atom. The van der Waals surface area contributed by atoms with E-state index in [1.54, 1.807) is 12.1 Å². The Bertz CT molecular complexity index is 1530. The topological polar surface area (TPSA) is 73.3 Å². The summed E-state index contributed by atoms with van der Waals surface area (Å²) in [6.45, 7) is -0.131. The molecule has 0 aliphatic carbocycles. The van der Waals surface area contributed by atoms with Crippen LogP contribution >= 0.6 is 51.1 Å². The lowest BCUT2D eigenvalue weighted by Gasteiger charge is -2.15. The van der Waals surface area contributed by atoms with Crippen LogP contribution in [0.15, 0.2) is 82.9 Å². The predicted molar refractivity (Wildman–Crippen MR) is 152 cm³/mol. The molecule has 1 heterocycles. The molecular weight excluding hydrogens is 638 g/mol. The Hall–Kier alpha value is -3.05. The van der Waals surface area contributed by atoms with Gasteiger partial charge in [-0.1, -0.05) is 57.3 Å². The van der Waals surface area contributed by atoms with Gasteiger partial charge in [0, 0.05) is 22.9 Å². The highest BCUT2D eigenvalue weighted by molar-refractivity contribution is 9.10. The van der Waals surface area contributed by atoms with Crippen LogP contribution in [-0.2, 0) is 0 Å². The SMILES string of the molecule is N=CC(Br)/C=C1\CN(C(=O)c2c(Cl)cccc2Cl)C=C1C(=O)c1c(F)ccc(NSc2cccc(F)c2)c1F. The van der Waals surface area contributed by atoms with E-state index in [-0.39, 0.29) is 39.0 Å². The molecule has 0 saturated heterocycles. The zero-order valence-corrected chi connectivity index (χ0v) is 23.6. The van der Waals surface area contributed by atoms with Gasteiger partial charge in [0.05, 0.1) is 38.2 Å². The number of nitrogens with one attached hydrogen (secondary N) is 2. The summed E-state index contributed by atoms with van der Waals surface area (Å²) in [6, 6.07) is 12.1. The Morgan fingerprint density at radius 1 is 1.05 bits per heavy atom. The van der Waals surface area contributed by atoms with Crippen molar-refractivity contribution in [1.82, 2.24) is 4.90 Å². The van der Waals surface area contributed by atoms with Crippen molar-refractivity contribution in [2.24, 2.45) is 0 Å². The number of hydrogen-bond acceptors (Lipinski definition) is 5. The Morgan fingerprint density at radius 2 is 1.74 bits per heavy atom. The van der Waals surface area contributed by atoms with Crippen molar-refractivity contribution in [1.29, 1.82) is 5.41 Å². The highest BCUT2D eigenvalue weighted by Crippen LogP contribution is 2.34. The lowest BCUT2D eigenvalue weighted by atomic mass is 9.97. The molecule has 1 aliphatic heterocycles. The number of anilines is 1. The minimum absolute atomic E-state index is 0.00510. The van der Waals surface area contributed by atoms with Gasteiger partial charge in [-0.05, 0) is 60.0 Å². The maximum absolute atomic E-state index is 15.5. The summed E-state index contributed by atoms with van der Waals surface area (Å²) in [7, 11) is 0. The molecule has 1 amide bonds. The quantitative estimate of drug-likeness (QED) is 0.111. The van der Waals surface area contributed by atoms with Gasteiger partial charge in [0.25, 0.3) is 5.91 Å². The van der Waals surface area contributed by atoms with Crippen LogP contribution in [0.25, 0.3) is 0 Å². The van der Waals surface area contributed by atoms with Gasteiger partial charge >= 0.3 is 0 Å². The number of carbonyl (C=O) groups excluding carboxylic acids is 2. The molecule has 2 N–H and O–H groups in total. The third-order valence-corrected chi connectivity index (χ3v) is 7.54. The van der Waals surface area contributed by atoms with Gasteiger partial charge in [-0.3, -0.25) is 9.59 Å². The Balaban J connectivity index is 1.71. The van der Waals surface area contributed by atoms with Crippen LogP contribution in [-0.4, -0.2) is 34.2 Å². The monoisotopic (exact) mass is 653 g/mol. The standard InChI is InChI=1S/C27H17BrCl2F3N3O2S/c28-15(11-34)9-14-12-36(27(38)23-19(29)5-2-6-20(23)30)13-18(14)26(37)24-21(32)7-8-22(25(24)33)35-39-17-4-1-3-16(31)10-17/h1-11,13,15,34-35H,12H2/b14-9+,34-11?. The molecule has 5 nitrogen and oxygen atoms in total. The molecule has 0 saturated carbocycles. The molecule has 3 aromatic rings. The third-order valence-electron chi connectivity index (χ3n) is 5.57. The molecule has 3 aromatic carbocycles. The maximum Gasteiger partial charge on any atom is 0.261 e. The van der Waals surface area contributed by atoms with Crippen molar-refractivity contribution in [2.45, 2.75) is 9.72 Å². The minimum atomic E-state index is -1.16. The number of allylic oxidation sites excluding steroid dienone is 1. The average Bonchev–Trinajstić information content (AvgIpc) is 3.31. The number of benzene rings is 3. The molecule has 39 heavy (non-hydrogen) atoms. The van der Waals surface area contributed by atoms with E-state index in [1.807, 2.05) is 0 Å². The van der Waals surface area contributed by atoms with Gasteiger partial charge in [-0.25, -0.2) is 13.2 Å². The lowest BCUT2D eigenvalue weighted by Crippen LogP contribution is -2.25. The van der Waals surface area contributed by atoms with Crippen LogP contribution < -0.4 is 4.72 Å². The van der Waals surface area contributed by atoms with Crippen molar-refractivity contribution in [3.8, 4) is 0 Å². The number of ketones is 1. The summed E-state index contributed by atoms with van der Waals surface area (Å²) in [5, 5.41) is 7.66. The number of amides is 1. The molecule has 12 heteroatoms. The van der Waals surface area contributed by atoms with Gasteiger partial charge in [0.1, 0.15) is 11.6 Å². The van der Waals surface area contributed by atoms with Crippen molar-refractivity contribution in [2.75, 3.05) is 11.3 Å². The first-order valence-corrected chi connectivity index (χ1v) is 13.6. The molecule has 0 aromatic heterocycles. The van der Waals surface area contributed by atoms with E-state index in [1.165, 1.54) is 42.6 Å². The van der Waals surface area contributed by atoms with E-state index >= 15 is 4.39 Å². The molecular formula is C27H17BrCl2F3N3O2S. The van der Waals surface area contributed by atoms with Crippen LogP contribution in [0, 0.1) is 22.9 Å². The fraction of sp³-hybridized carbons (Fsp3) is 0.0741. The van der Waals surface area contributed by atoms with Crippen LogP contribution in [0.1, 0.15) is 20.7 Å². The maximum atomic E-state index is 15.5. The van der Waals surface area contributed by atoms with Gasteiger partial charge in [-0.15, -0.1) is 0 Å². The molecule has 1 unspecified atom stereocenters. The van der Waals surface area contributed by atoms with Gasteiger partial charge < -0.3 is 15.0 Å². The fourth-order valence-electron chi connectivity index (χ4n) is 3.74. The summed E-state index contributed by atoms with van der Waals surface area (Å²) < 4.78 is 46.5. The average molecular weight is 655 g/mol. The Labute approximate surface area is 244 Å². The first kappa shape index (κ1) is 28.9. The summed E-state index contributed by atoms with van der Waals surface area (Å²) in [5.41, 5.74) is -0.931. The zero-order valence-electron chi connectivity index (χ0n) is 19.7. The molecule has 0 fully saturated rings. The number of carbonyl (C=O) groups is 2. The number of Topliss-reactive ketones (excluding diaryl/α,β-unsaturated/α-hetero) is 1. The third kappa shape index (κ3) is 6.41. The van der Waals surface area contributed by atoms with Gasteiger partial charge in [0.2, 0.25) is 5.78 Å². The number of nitrogens with zero attached hydrogens (tertiary/aromatic N) is 1. The number of alkyl halides is 1. The summed E-state index contributed by atoms with van der Waals surface area (Å²) >= 11 is 16.5. The van der Waals surface area contributed by atoms with Crippen LogP contribution in [0.3, 0.4) is 0 Å². The highest BCUT2D eigenvalue weighted by Gasteiger charge is 2.33. The van der Waals surface area contributed by atoms with Crippen LogP contribution in [0.2, 0.25) is 10.0 Å². The molecule has 1 aliphatic rings. The summed E-state index contributed by atoms with van der Waals surface area (Å²) in [4.78, 5) is 27.8. The van der Waals surface area contributed by atoms with E-state index in [0.29, 0.717) is 4.90 Å². The van der Waals surface area contributed by atoms with Crippen LogP contribution in [0.5, 0.6) is 0 Å². The van der Waals surface area contributed by atoms with Gasteiger partial charge in [-0.2, -0.15) is 0 Å². The summed E-state index contributed by atoms with van der Waals surface area (Å²) in [5.74, 6) is -4.40. The van der Waals surface area contributed by atoms with Crippen molar-refractivity contribution >= 4 is 74.7 Å². The van der Waals surface area contributed by atoms with E-state index in [0.717, 1.165) is 35.2 Å². The lowest BCUT2D eigenvalue weighted by molar-refractivity contribution is 0.0839. The molecule has 200 valence electrons. The normalized spacial score (nSPS) is 14.8. The molecule has 0 bridgehead atoms. The number of hydrogen-bond donors (Lipinski definition) is 2. The molecule has 0 radical (unpaired) electrons. The van der Waals surface area contributed by atoms with Crippen molar-refractivity contribution in [3.05, 3.63) is 117 Å². The Kier molecular flexibility index (Phi) is 9.22. The first-order chi connectivity index (χ1) is 18.6. The fourth-order valence-corrected chi connectivity index (χ4v) is 5.32. The molecule has 4 rings (SSSR count). The van der Waals surface area contributed by atoms with Gasteiger partial charge in [0.15, 0.2) is 5.82 Å². The van der Waals surface area contributed by atoms with E-state index in [2.05, 4.69) is 20.7 Å². The second kappa shape index (κ2) is 12.4. The van der Waals surface area contributed by atoms with E-state index < -0.39 is 39.5 Å². The second-order valence-corrected chi connectivity index (χ2v) is 10.9. The first-order valence-electron chi connectivity index (χ1n) is 11.1. The van der Waals surface area contributed by atoms with Crippen molar-refractivity contribution in [3.63, 3.8) is 0 Å². The largest absolute Gasteiger partial charge is 0.323 e. The zero-order chi connectivity index (χ0) is 28.3. The smallest absolute Gasteiger partial charge is 0.261 e. The van der Waals surface area contributed by atoms with E-state index in [4.69, 9.17) is 28.6 Å². The van der Waals surface area contributed by atoms with E-state index in [9.17, 15) is 18.4 Å². The number of halogens is 6. The molecule has 0 spiro atoms. The highest BCUT2D eigenvalue weighted by atomic mass is 79.9. The minimum Gasteiger partial charge on any atom is -0.323 e. The second-order valence-electron chi connectivity index (χ2n) is 8.15. The number of rotatable bonds is 8. The van der Waals surface area contributed by atoms with Crippen LogP contribution in [0.4, 0.5) is 18.9 Å². The summed E-state index contributed by atoms with van der Waals surface area (Å²) in [6.07, 6.45) is 3.70.